The van der Waals surface area contributed by atoms with Crippen LogP contribution in [0.1, 0.15) is 12.0 Å². The second kappa shape index (κ2) is 8.27. The van der Waals surface area contributed by atoms with Gasteiger partial charge in [-0.1, -0.05) is 11.6 Å². The molecule has 6 nitrogen and oxygen atoms in total. The molecule has 30 heavy (non-hydrogen) atoms. The number of halogens is 4. The molecule has 158 valence electrons. The monoisotopic (exact) mass is 442 g/mol. The van der Waals surface area contributed by atoms with Crippen LogP contribution in [0.2, 0.25) is 5.02 Å². The van der Waals surface area contributed by atoms with Crippen molar-refractivity contribution in [1.29, 1.82) is 0 Å². The molecule has 3 aromatic rings. The quantitative estimate of drug-likeness (QED) is 0.578. The highest BCUT2D eigenvalue weighted by molar-refractivity contribution is 6.36. The summed E-state index contributed by atoms with van der Waals surface area (Å²) in [7, 11) is 1.37. The first-order chi connectivity index (χ1) is 14.1. The van der Waals surface area contributed by atoms with Gasteiger partial charge in [0, 0.05) is 6.07 Å². The number of carboxylic acids is 1. The third-order valence-corrected chi connectivity index (χ3v) is 4.53. The van der Waals surface area contributed by atoms with Crippen LogP contribution in [0.25, 0.3) is 22.3 Å². The summed E-state index contributed by atoms with van der Waals surface area (Å²) < 4.78 is 55.4. The van der Waals surface area contributed by atoms with Gasteiger partial charge in [0.2, 0.25) is 0 Å². The standard InChI is InChI=1S/C20H14ClF3O6/c1-28-14-5-4-11-13(25)9-16(30-19(11)18(14)21)12-3-2-10(20(22,23)24)8-15(12)29-7-6-17(26)27/h2-5,8-9H,6-7H2,1H3,(H,26,27). The molecule has 0 aliphatic heterocycles. The largest absolute Gasteiger partial charge is 0.495 e. The van der Waals surface area contributed by atoms with E-state index in [2.05, 4.69) is 0 Å². The van der Waals surface area contributed by atoms with Crippen molar-refractivity contribution >= 4 is 28.5 Å². The summed E-state index contributed by atoms with van der Waals surface area (Å²) >= 11 is 6.21. The van der Waals surface area contributed by atoms with Crippen LogP contribution < -0.4 is 14.9 Å². The van der Waals surface area contributed by atoms with Gasteiger partial charge in [-0.05, 0) is 30.3 Å². The Morgan fingerprint density at radius 3 is 2.53 bits per heavy atom. The number of hydrogen-bond donors (Lipinski definition) is 1. The smallest absolute Gasteiger partial charge is 0.416 e. The minimum absolute atomic E-state index is 0.00472. The molecule has 0 aliphatic rings. The van der Waals surface area contributed by atoms with Crippen molar-refractivity contribution in [3.8, 4) is 22.8 Å². The Hall–Kier alpha value is -3.20. The SMILES string of the molecule is COc1ccc2c(=O)cc(-c3ccc(C(F)(F)F)cc3OCCC(=O)O)oc2c1Cl. The zero-order valence-corrected chi connectivity index (χ0v) is 16.1. The van der Waals surface area contributed by atoms with Crippen molar-refractivity contribution in [3.63, 3.8) is 0 Å². The maximum atomic E-state index is 13.1. The Labute approximate surface area is 172 Å². The second-order valence-corrected chi connectivity index (χ2v) is 6.51. The minimum atomic E-state index is -4.65. The average molecular weight is 443 g/mol. The predicted octanol–water partition coefficient (Wildman–Crippen LogP) is 4.99. The Balaban J connectivity index is 2.17. The predicted molar refractivity (Wildman–Crippen MR) is 102 cm³/mol. The van der Waals surface area contributed by atoms with Crippen molar-refractivity contribution < 1.29 is 37.0 Å². The summed E-state index contributed by atoms with van der Waals surface area (Å²) in [5.74, 6) is -1.32. The van der Waals surface area contributed by atoms with Gasteiger partial charge in [-0.3, -0.25) is 9.59 Å². The molecule has 1 aromatic heterocycles. The van der Waals surface area contributed by atoms with Crippen molar-refractivity contribution in [1.82, 2.24) is 0 Å². The second-order valence-electron chi connectivity index (χ2n) is 6.13. The van der Waals surface area contributed by atoms with Gasteiger partial charge in [-0.2, -0.15) is 13.2 Å². The van der Waals surface area contributed by atoms with Gasteiger partial charge in [0.05, 0.1) is 36.7 Å². The van der Waals surface area contributed by atoms with Crippen molar-refractivity contribution in [2.45, 2.75) is 12.6 Å². The molecule has 0 unspecified atom stereocenters. The van der Waals surface area contributed by atoms with E-state index in [1.807, 2.05) is 0 Å². The number of methoxy groups -OCH3 is 1. The van der Waals surface area contributed by atoms with E-state index in [0.717, 1.165) is 18.2 Å². The number of alkyl halides is 3. The fourth-order valence-corrected chi connectivity index (χ4v) is 3.01. The number of benzene rings is 2. The minimum Gasteiger partial charge on any atom is -0.495 e. The lowest BCUT2D eigenvalue weighted by Gasteiger charge is -2.14. The summed E-state index contributed by atoms with van der Waals surface area (Å²) in [6, 6.07) is 6.63. The molecule has 0 radical (unpaired) electrons. The molecule has 3 rings (SSSR count). The van der Waals surface area contributed by atoms with Gasteiger partial charge in [-0.25, -0.2) is 0 Å². The third-order valence-electron chi connectivity index (χ3n) is 4.17. The van der Waals surface area contributed by atoms with E-state index in [1.165, 1.54) is 19.2 Å². The number of aliphatic carboxylic acids is 1. The first kappa shape index (κ1) is 21.5. The van der Waals surface area contributed by atoms with Crippen molar-refractivity contribution in [2.75, 3.05) is 13.7 Å². The van der Waals surface area contributed by atoms with Crippen molar-refractivity contribution in [3.05, 3.63) is 57.2 Å². The first-order valence-corrected chi connectivity index (χ1v) is 8.86. The fraction of sp³-hybridized carbons (Fsp3) is 0.200. The van der Waals surface area contributed by atoms with Gasteiger partial charge >= 0.3 is 12.1 Å². The molecule has 0 atom stereocenters. The zero-order chi connectivity index (χ0) is 22.1. The van der Waals surface area contributed by atoms with Crippen LogP contribution >= 0.6 is 11.6 Å². The van der Waals surface area contributed by atoms with E-state index in [9.17, 15) is 22.8 Å². The number of carbonyl (C=O) groups is 1. The van der Waals surface area contributed by atoms with E-state index in [-0.39, 0.29) is 45.4 Å². The molecule has 10 heteroatoms. The molecule has 0 fully saturated rings. The lowest BCUT2D eigenvalue weighted by molar-refractivity contribution is -0.139. The summed E-state index contributed by atoms with van der Waals surface area (Å²) in [6.07, 6.45) is -5.08. The molecule has 0 saturated heterocycles. The highest BCUT2D eigenvalue weighted by atomic mass is 35.5. The fourth-order valence-electron chi connectivity index (χ4n) is 2.73. The molecular formula is C20H14ClF3O6. The Morgan fingerprint density at radius 1 is 1.17 bits per heavy atom. The Morgan fingerprint density at radius 2 is 1.90 bits per heavy atom. The maximum Gasteiger partial charge on any atom is 0.416 e. The molecule has 2 aromatic carbocycles. The summed E-state index contributed by atoms with van der Waals surface area (Å²) in [5.41, 5.74) is -1.45. The molecule has 0 saturated carbocycles. The highest BCUT2D eigenvalue weighted by Crippen LogP contribution is 2.39. The Kier molecular flexibility index (Phi) is 5.93. The molecule has 0 aliphatic carbocycles. The number of hydrogen-bond acceptors (Lipinski definition) is 5. The van der Waals surface area contributed by atoms with Crippen LogP contribution in [0, 0.1) is 0 Å². The van der Waals surface area contributed by atoms with E-state index in [0.29, 0.717) is 6.07 Å². The molecule has 1 N–H and O–H groups in total. The normalized spacial score (nSPS) is 11.5. The molecule has 1 heterocycles. The molecule has 0 spiro atoms. The number of fused-ring (bicyclic) bond motifs is 1. The van der Waals surface area contributed by atoms with Crippen LogP contribution in [0.5, 0.6) is 11.5 Å². The number of rotatable bonds is 6. The molecular weight excluding hydrogens is 429 g/mol. The average Bonchev–Trinajstić information content (AvgIpc) is 2.67. The molecule has 0 amide bonds. The first-order valence-electron chi connectivity index (χ1n) is 8.48. The van der Waals surface area contributed by atoms with Crippen LogP contribution in [-0.4, -0.2) is 24.8 Å². The van der Waals surface area contributed by atoms with Gasteiger partial charge < -0.3 is 19.0 Å². The van der Waals surface area contributed by atoms with Crippen molar-refractivity contribution in [2.24, 2.45) is 0 Å². The number of carboxylic acid groups (broad SMARTS) is 1. The summed E-state index contributed by atoms with van der Waals surface area (Å²) in [6.45, 7) is -0.379. The highest BCUT2D eigenvalue weighted by Gasteiger charge is 2.31. The van der Waals surface area contributed by atoms with Crippen LogP contribution in [0.3, 0.4) is 0 Å². The van der Waals surface area contributed by atoms with Gasteiger partial charge in [0.15, 0.2) is 11.0 Å². The van der Waals surface area contributed by atoms with E-state index >= 15 is 0 Å². The molecule has 0 bridgehead atoms. The zero-order valence-electron chi connectivity index (χ0n) is 15.4. The van der Waals surface area contributed by atoms with Crippen LogP contribution in [0.4, 0.5) is 13.2 Å². The van der Waals surface area contributed by atoms with Crippen LogP contribution in [-0.2, 0) is 11.0 Å². The topological polar surface area (TPSA) is 86.0 Å². The summed E-state index contributed by atoms with van der Waals surface area (Å²) in [5, 5.41) is 8.93. The van der Waals surface area contributed by atoms with Gasteiger partial charge in [-0.15, -0.1) is 0 Å². The Bertz CT molecular complexity index is 1170. The lowest BCUT2D eigenvalue weighted by atomic mass is 10.1. The third kappa shape index (κ3) is 4.35. The summed E-state index contributed by atoms with van der Waals surface area (Å²) in [4.78, 5) is 23.2. The maximum absolute atomic E-state index is 13.1. The van der Waals surface area contributed by atoms with Gasteiger partial charge in [0.1, 0.15) is 22.3 Å². The van der Waals surface area contributed by atoms with E-state index in [1.54, 1.807) is 0 Å². The number of ether oxygens (including phenoxy) is 2. The lowest BCUT2D eigenvalue weighted by Crippen LogP contribution is -2.09. The van der Waals surface area contributed by atoms with E-state index in [4.69, 9.17) is 30.6 Å². The van der Waals surface area contributed by atoms with E-state index < -0.39 is 29.6 Å². The van der Waals surface area contributed by atoms with Gasteiger partial charge in [0.25, 0.3) is 0 Å². The van der Waals surface area contributed by atoms with Crippen LogP contribution in [0.15, 0.2) is 45.6 Å².